The lowest BCUT2D eigenvalue weighted by Crippen LogP contribution is -2.52. The summed E-state index contributed by atoms with van der Waals surface area (Å²) in [6, 6.07) is 2.72. The highest BCUT2D eigenvalue weighted by molar-refractivity contribution is 7.71. The van der Waals surface area contributed by atoms with Crippen LogP contribution >= 0.6 is 12.2 Å². The van der Waals surface area contributed by atoms with Crippen molar-refractivity contribution in [3.63, 3.8) is 0 Å². The SMILES string of the molecule is CCN1CCN(c2cc3[nH]c(=S)[nH]c3cc2C(F)(F)F)C(C)C1. The van der Waals surface area contributed by atoms with Crippen molar-refractivity contribution in [3.05, 3.63) is 22.5 Å². The molecule has 1 aliphatic rings. The summed E-state index contributed by atoms with van der Waals surface area (Å²) < 4.78 is 40.9. The topological polar surface area (TPSA) is 38.1 Å². The number of aromatic nitrogens is 2. The van der Waals surface area contributed by atoms with Crippen LogP contribution in [-0.4, -0.2) is 47.1 Å². The molecule has 1 fully saturated rings. The van der Waals surface area contributed by atoms with E-state index in [0.717, 1.165) is 25.7 Å². The fraction of sp³-hybridized carbons (Fsp3) is 0.533. The number of nitrogens with zero attached hydrogens (tertiary/aromatic N) is 2. The fourth-order valence-corrected chi connectivity index (χ4v) is 3.43. The molecule has 0 aliphatic carbocycles. The van der Waals surface area contributed by atoms with Gasteiger partial charge in [0.15, 0.2) is 4.77 Å². The third-order valence-corrected chi connectivity index (χ3v) is 4.61. The minimum absolute atomic E-state index is 0.0177. The Hall–Kier alpha value is -1.54. The lowest BCUT2D eigenvalue weighted by atomic mass is 10.1. The molecule has 0 saturated carbocycles. The zero-order chi connectivity index (χ0) is 16.8. The van der Waals surface area contributed by atoms with Crippen molar-refractivity contribution in [2.24, 2.45) is 0 Å². The predicted molar refractivity (Wildman–Crippen MR) is 87.4 cm³/mol. The average molecular weight is 344 g/mol. The molecule has 23 heavy (non-hydrogen) atoms. The number of likely N-dealkylation sites (N-methyl/N-ethyl adjacent to an activating group) is 1. The molecule has 1 aromatic carbocycles. The van der Waals surface area contributed by atoms with Crippen molar-refractivity contribution in [2.45, 2.75) is 26.1 Å². The third-order valence-electron chi connectivity index (χ3n) is 4.41. The smallest absolute Gasteiger partial charge is 0.366 e. The quantitative estimate of drug-likeness (QED) is 0.815. The van der Waals surface area contributed by atoms with Gasteiger partial charge in [-0.2, -0.15) is 13.2 Å². The number of anilines is 1. The molecule has 0 amide bonds. The standard InChI is InChI=1S/C15H19F3N4S/c1-3-21-4-5-22(9(2)8-21)13-7-12-11(19-14(23)20-12)6-10(13)15(16,17)18/h6-7,9H,3-5,8H2,1-2H3,(H2,19,20,23). The lowest BCUT2D eigenvalue weighted by molar-refractivity contribution is -0.137. The summed E-state index contributed by atoms with van der Waals surface area (Å²) in [6.07, 6.45) is -4.40. The highest BCUT2D eigenvalue weighted by atomic mass is 32.1. The van der Waals surface area contributed by atoms with E-state index in [4.69, 9.17) is 12.2 Å². The van der Waals surface area contributed by atoms with E-state index in [9.17, 15) is 13.2 Å². The highest BCUT2D eigenvalue weighted by Crippen LogP contribution is 2.39. The van der Waals surface area contributed by atoms with E-state index >= 15 is 0 Å². The third kappa shape index (κ3) is 3.10. The summed E-state index contributed by atoms with van der Waals surface area (Å²) in [5, 5.41) is 0. The number of halogens is 3. The molecule has 1 aliphatic heterocycles. The molecular weight excluding hydrogens is 325 g/mol. The summed E-state index contributed by atoms with van der Waals surface area (Å²) in [6.45, 7) is 7.04. The number of aromatic amines is 2. The first-order valence-electron chi connectivity index (χ1n) is 7.62. The Morgan fingerprint density at radius 3 is 2.43 bits per heavy atom. The number of piperazine rings is 1. The maximum Gasteiger partial charge on any atom is 0.418 e. The first-order valence-corrected chi connectivity index (χ1v) is 8.02. The molecule has 1 unspecified atom stereocenters. The first-order chi connectivity index (χ1) is 10.8. The van der Waals surface area contributed by atoms with Gasteiger partial charge in [0.2, 0.25) is 0 Å². The molecule has 1 aromatic heterocycles. The largest absolute Gasteiger partial charge is 0.418 e. The molecule has 2 N–H and O–H groups in total. The Morgan fingerprint density at radius 1 is 1.22 bits per heavy atom. The average Bonchev–Trinajstić information content (AvgIpc) is 2.84. The second-order valence-electron chi connectivity index (χ2n) is 5.93. The molecule has 2 aromatic rings. The fourth-order valence-electron chi connectivity index (χ4n) is 3.21. The maximum absolute atomic E-state index is 13.5. The van der Waals surface area contributed by atoms with E-state index in [1.165, 1.54) is 0 Å². The number of rotatable bonds is 2. The normalized spacial score (nSPS) is 20.4. The number of alkyl halides is 3. The number of imidazole rings is 1. The van der Waals surface area contributed by atoms with Crippen LogP contribution < -0.4 is 4.90 Å². The van der Waals surface area contributed by atoms with Crippen LogP contribution in [0.3, 0.4) is 0 Å². The summed E-state index contributed by atoms with van der Waals surface area (Å²) in [5.41, 5.74) is 0.583. The molecule has 1 saturated heterocycles. The van der Waals surface area contributed by atoms with Crippen LogP contribution in [0.25, 0.3) is 11.0 Å². The van der Waals surface area contributed by atoms with Gasteiger partial charge in [-0.3, -0.25) is 4.90 Å². The van der Waals surface area contributed by atoms with E-state index in [-0.39, 0.29) is 11.7 Å². The summed E-state index contributed by atoms with van der Waals surface area (Å²) in [7, 11) is 0. The second-order valence-corrected chi connectivity index (χ2v) is 6.34. The van der Waals surface area contributed by atoms with Crippen LogP contribution in [0.15, 0.2) is 12.1 Å². The van der Waals surface area contributed by atoms with Crippen LogP contribution in [0, 0.1) is 4.77 Å². The zero-order valence-corrected chi connectivity index (χ0v) is 13.8. The van der Waals surface area contributed by atoms with E-state index < -0.39 is 11.7 Å². The number of H-pyrrole nitrogens is 2. The number of benzene rings is 1. The van der Waals surface area contributed by atoms with Crippen LogP contribution in [0.4, 0.5) is 18.9 Å². The van der Waals surface area contributed by atoms with Gasteiger partial charge in [-0.15, -0.1) is 0 Å². The summed E-state index contributed by atoms with van der Waals surface area (Å²) in [4.78, 5) is 9.76. The van der Waals surface area contributed by atoms with Crippen molar-refractivity contribution < 1.29 is 13.2 Å². The Balaban J connectivity index is 2.09. The Bertz CT molecular complexity index is 764. The molecule has 1 atom stereocenters. The Labute approximate surface area is 137 Å². The van der Waals surface area contributed by atoms with Crippen molar-refractivity contribution in [3.8, 4) is 0 Å². The van der Waals surface area contributed by atoms with Gasteiger partial charge in [0, 0.05) is 25.7 Å². The van der Waals surface area contributed by atoms with Crippen molar-refractivity contribution >= 4 is 28.9 Å². The van der Waals surface area contributed by atoms with E-state index in [1.807, 2.05) is 11.8 Å². The number of hydrogen-bond donors (Lipinski definition) is 2. The predicted octanol–water partition coefficient (Wildman–Crippen LogP) is 3.77. The molecule has 0 spiro atoms. The first kappa shape index (κ1) is 16.3. The van der Waals surface area contributed by atoms with E-state index in [2.05, 4.69) is 21.8 Å². The summed E-state index contributed by atoms with van der Waals surface area (Å²) in [5.74, 6) is 0. The molecule has 2 heterocycles. The molecule has 4 nitrogen and oxygen atoms in total. The minimum Gasteiger partial charge on any atom is -0.366 e. The lowest BCUT2D eigenvalue weighted by Gasteiger charge is -2.41. The van der Waals surface area contributed by atoms with Gasteiger partial charge < -0.3 is 14.9 Å². The highest BCUT2D eigenvalue weighted by Gasteiger charge is 2.37. The van der Waals surface area contributed by atoms with Crippen LogP contribution in [0.5, 0.6) is 0 Å². The van der Waals surface area contributed by atoms with E-state index in [1.54, 1.807) is 6.07 Å². The van der Waals surface area contributed by atoms with Gasteiger partial charge in [-0.25, -0.2) is 0 Å². The van der Waals surface area contributed by atoms with E-state index in [0.29, 0.717) is 22.3 Å². The molecule has 126 valence electrons. The Kier molecular flexibility index (Phi) is 4.14. The molecular formula is C15H19F3N4S. The van der Waals surface area contributed by atoms with Crippen molar-refractivity contribution in [2.75, 3.05) is 31.1 Å². The second kappa shape index (κ2) is 5.83. The van der Waals surface area contributed by atoms with Gasteiger partial charge in [0.05, 0.1) is 22.3 Å². The van der Waals surface area contributed by atoms with Gasteiger partial charge >= 0.3 is 6.18 Å². The van der Waals surface area contributed by atoms with Gasteiger partial charge in [0.25, 0.3) is 0 Å². The van der Waals surface area contributed by atoms with Crippen LogP contribution in [0.1, 0.15) is 19.4 Å². The minimum atomic E-state index is -4.40. The number of fused-ring (bicyclic) bond motifs is 1. The zero-order valence-electron chi connectivity index (χ0n) is 13.0. The van der Waals surface area contributed by atoms with Gasteiger partial charge in [-0.1, -0.05) is 6.92 Å². The molecule has 0 bridgehead atoms. The molecule has 8 heteroatoms. The summed E-state index contributed by atoms with van der Waals surface area (Å²) >= 11 is 4.99. The van der Waals surface area contributed by atoms with Gasteiger partial charge in [-0.05, 0) is 37.8 Å². The monoisotopic (exact) mass is 344 g/mol. The van der Waals surface area contributed by atoms with Crippen LogP contribution in [-0.2, 0) is 6.18 Å². The maximum atomic E-state index is 13.5. The van der Waals surface area contributed by atoms with Gasteiger partial charge in [0.1, 0.15) is 0 Å². The van der Waals surface area contributed by atoms with Crippen LogP contribution in [0.2, 0.25) is 0 Å². The van der Waals surface area contributed by atoms with Crippen molar-refractivity contribution in [1.29, 1.82) is 0 Å². The molecule has 3 rings (SSSR count). The van der Waals surface area contributed by atoms with Crippen molar-refractivity contribution in [1.82, 2.24) is 14.9 Å². The molecule has 0 radical (unpaired) electrons. The number of hydrogen-bond acceptors (Lipinski definition) is 3. The Morgan fingerprint density at radius 2 is 1.87 bits per heavy atom. The number of nitrogens with one attached hydrogen (secondary N) is 2.